The first-order valence-electron chi connectivity index (χ1n) is 14.0. The van der Waals surface area contributed by atoms with Crippen molar-refractivity contribution in [3.8, 4) is 17.1 Å². The average Bonchev–Trinajstić information content (AvgIpc) is 3.27. The molecule has 222 valence electrons. The number of amides is 2. The van der Waals surface area contributed by atoms with Gasteiger partial charge in [0.2, 0.25) is 5.88 Å². The molecule has 2 atom stereocenters. The van der Waals surface area contributed by atoms with Crippen LogP contribution in [0.3, 0.4) is 0 Å². The van der Waals surface area contributed by atoms with Crippen molar-refractivity contribution in [3.05, 3.63) is 100 Å². The molecule has 1 saturated heterocycles. The van der Waals surface area contributed by atoms with Crippen molar-refractivity contribution < 1.29 is 23.5 Å². The van der Waals surface area contributed by atoms with Gasteiger partial charge in [-0.05, 0) is 71.2 Å². The molecule has 0 spiro atoms. The van der Waals surface area contributed by atoms with Crippen molar-refractivity contribution in [3.63, 3.8) is 0 Å². The van der Waals surface area contributed by atoms with Gasteiger partial charge >= 0.3 is 6.09 Å². The number of benzene rings is 2. The molecule has 43 heavy (non-hydrogen) atoms. The van der Waals surface area contributed by atoms with E-state index in [1.54, 1.807) is 29.9 Å². The first-order valence-corrected chi connectivity index (χ1v) is 14.8. The molecule has 2 aromatic carbocycles. The number of likely N-dealkylation sites (tertiary alicyclic amines) is 1. The van der Waals surface area contributed by atoms with Crippen molar-refractivity contribution in [1.82, 2.24) is 25.0 Å². The van der Waals surface area contributed by atoms with Crippen molar-refractivity contribution in [2.75, 3.05) is 13.1 Å². The van der Waals surface area contributed by atoms with Crippen LogP contribution in [-0.4, -0.2) is 50.9 Å². The number of rotatable bonds is 8. The maximum atomic E-state index is 13.7. The molecule has 2 amide bonds. The third-order valence-electron chi connectivity index (χ3n) is 8.02. The Morgan fingerprint density at radius 3 is 2.40 bits per heavy atom. The number of hydrogen-bond acceptors (Lipinski definition) is 6. The summed E-state index contributed by atoms with van der Waals surface area (Å²) in [6.45, 7) is 5.06. The second kappa shape index (κ2) is 11.4. The molecule has 1 saturated carbocycles. The lowest BCUT2D eigenvalue weighted by Gasteiger charge is -2.27. The Morgan fingerprint density at radius 2 is 1.74 bits per heavy atom. The molecule has 2 fully saturated rings. The van der Waals surface area contributed by atoms with Crippen molar-refractivity contribution in [2.24, 2.45) is 18.9 Å². The molecule has 1 aliphatic heterocycles. The summed E-state index contributed by atoms with van der Waals surface area (Å²) >= 11 is 3.32. The van der Waals surface area contributed by atoms with Gasteiger partial charge in [0.1, 0.15) is 28.8 Å². The van der Waals surface area contributed by atoms with Crippen LogP contribution in [0.4, 0.5) is 9.18 Å². The summed E-state index contributed by atoms with van der Waals surface area (Å²) in [6, 6.07) is 20.9. The number of aryl methyl sites for hydroxylation is 1. The highest BCUT2D eigenvalue weighted by molar-refractivity contribution is 9.10. The summed E-state index contributed by atoms with van der Waals surface area (Å²) in [5, 5.41) is 7.16. The first kappa shape index (κ1) is 28.9. The number of carbonyl (C=O) groups excluding carboxylic acids is 2. The van der Waals surface area contributed by atoms with Gasteiger partial charge in [-0.2, -0.15) is 5.10 Å². The second-order valence-corrected chi connectivity index (χ2v) is 12.3. The van der Waals surface area contributed by atoms with E-state index < -0.39 is 11.6 Å². The normalized spacial score (nSPS) is 19.1. The van der Waals surface area contributed by atoms with Crippen molar-refractivity contribution in [2.45, 2.75) is 32.1 Å². The summed E-state index contributed by atoms with van der Waals surface area (Å²) in [6.07, 6.45) is -0.642. The minimum Gasteiger partial charge on any atom is -0.474 e. The number of hydrogen-bond donors (Lipinski definition) is 1. The number of piperidine rings is 1. The largest absolute Gasteiger partial charge is 0.474 e. The summed E-state index contributed by atoms with van der Waals surface area (Å²) < 4.78 is 27.7. The van der Waals surface area contributed by atoms with E-state index in [9.17, 15) is 14.0 Å². The number of aromatic nitrogens is 3. The third-order valence-corrected chi connectivity index (χ3v) is 8.41. The summed E-state index contributed by atoms with van der Waals surface area (Å²) in [5.74, 6) is 0.386. The lowest BCUT2D eigenvalue weighted by atomic mass is 9.93. The lowest BCUT2D eigenvalue weighted by Crippen LogP contribution is -2.41. The number of nitrogens with zero attached hydrogens (tertiary/aromatic N) is 4. The fourth-order valence-corrected chi connectivity index (χ4v) is 5.98. The Kier molecular flexibility index (Phi) is 7.68. The van der Waals surface area contributed by atoms with E-state index in [4.69, 9.17) is 14.5 Å². The monoisotopic (exact) mass is 647 g/mol. The van der Waals surface area contributed by atoms with E-state index >= 15 is 0 Å². The smallest absolute Gasteiger partial charge is 0.408 e. The highest BCUT2D eigenvalue weighted by Gasteiger charge is 2.59. The molecular formula is C32H31BrFN5O4. The van der Waals surface area contributed by atoms with Gasteiger partial charge in [-0.25, -0.2) is 14.2 Å². The Balaban J connectivity index is 1.17. The maximum Gasteiger partial charge on any atom is 0.408 e. The molecule has 4 aromatic rings. The van der Waals surface area contributed by atoms with E-state index in [2.05, 4.69) is 26.3 Å². The number of halogens is 2. The van der Waals surface area contributed by atoms with Gasteiger partial charge in [0.05, 0.1) is 11.2 Å². The SMILES string of the molecule is Cn1nc(Br)cc1C(=O)N1CC2C(C1)C2Oc1cc(C(C)(C)NC(=O)OCc2ccccc2)cc(-c2ccc(F)cc2)n1. The standard InChI is InChI=1S/C32H31BrFN5O4/c1-32(2,36-31(41)42-18-19-7-5-4-6-8-19)21-13-25(20-9-11-22(34)12-10-20)35-28(14-21)43-29-23-16-39(17-24(23)29)30(40)26-15-27(33)37-38(26)3/h4-15,23-24,29H,16-18H2,1-3H3,(H,36,41). The Hall–Kier alpha value is -4.25. The lowest BCUT2D eigenvalue weighted by molar-refractivity contribution is 0.0740. The molecule has 2 aliphatic rings. The minimum absolute atomic E-state index is 0.0580. The van der Waals surface area contributed by atoms with Crippen LogP contribution < -0.4 is 10.1 Å². The highest BCUT2D eigenvalue weighted by atomic mass is 79.9. The van der Waals surface area contributed by atoms with Crippen LogP contribution in [0, 0.1) is 17.7 Å². The molecule has 9 nitrogen and oxygen atoms in total. The van der Waals surface area contributed by atoms with Crippen LogP contribution in [0.5, 0.6) is 5.88 Å². The molecule has 1 N–H and O–H groups in total. The third kappa shape index (κ3) is 6.27. The second-order valence-electron chi connectivity index (χ2n) is 11.5. The number of alkyl carbamates (subject to hydrolysis) is 1. The van der Waals surface area contributed by atoms with E-state index in [-0.39, 0.29) is 36.3 Å². The molecular weight excluding hydrogens is 617 g/mol. The Morgan fingerprint density at radius 1 is 1.05 bits per heavy atom. The van der Waals surface area contributed by atoms with E-state index in [1.165, 1.54) is 12.1 Å². The zero-order valence-corrected chi connectivity index (χ0v) is 25.5. The molecule has 0 bridgehead atoms. The molecule has 6 rings (SSSR count). The predicted molar refractivity (Wildman–Crippen MR) is 161 cm³/mol. The van der Waals surface area contributed by atoms with Crippen LogP contribution in [0.15, 0.2) is 77.4 Å². The molecule has 1 aliphatic carbocycles. The number of pyridine rings is 1. The van der Waals surface area contributed by atoms with Gasteiger partial charge in [-0.15, -0.1) is 0 Å². The highest BCUT2D eigenvalue weighted by Crippen LogP contribution is 2.48. The fourth-order valence-electron chi connectivity index (χ4n) is 5.53. The van der Waals surface area contributed by atoms with Crippen LogP contribution in [0.1, 0.15) is 35.5 Å². The van der Waals surface area contributed by atoms with Gasteiger partial charge in [-0.1, -0.05) is 30.3 Å². The van der Waals surface area contributed by atoms with Gasteiger partial charge in [-0.3, -0.25) is 9.48 Å². The minimum atomic E-state index is -0.844. The zero-order valence-electron chi connectivity index (χ0n) is 24.0. The van der Waals surface area contributed by atoms with Crippen LogP contribution in [0.2, 0.25) is 0 Å². The van der Waals surface area contributed by atoms with Gasteiger partial charge in [0, 0.05) is 49.7 Å². The summed E-state index contributed by atoms with van der Waals surface area (Å²) in [5.41, 5.74) is 2.62. The van der Waals surface area contributed by atoms with Crippen molar-refractivity contribution >= 4 is 27.9 Å². The molecule has 2 aromatic heterocycles. The van der Waals surface area contributed by atoms with E-state index in [1.807, 2.05) is 61.2 Å². The first-order chi connectivity index (χ1) is 20.6. The fraction of sp³-hybridized carbons (Fsp3) is 0.312. The average molecular weight is 649 g/mol. The van der Waals surface area contributed by atoms with Crippen LogP contribution in [0.25, 0.3) is 11.3 Å². The van der Waals surface area contributed by atoms with E-state index in [0.29, 0.717) is 40.5 Å². The predicted octanol–water partition coefficient (Wildman–Crippen LogP) is 5.69. The summed E-state index contributed by atoms with van der Waals surface area (Å²) in [7, 11) is 1.75. The van der Waals surface area contributed by atoms with Gasteiger partial charge < -0.3 is 19.7 Å². The molecule has 0 radical (unpaired) electrons. The molecule has 3 heterocycles. The Bertz CT molecular complexity index is 1650. The maximum absolute atomic E-state index is 13.7. The quantitative estimate of drug-likeness (QED) is 0.264. The number of ether oxygens (including phenoxy) is 2. The van der Waals surface area contributed by atoms with Crippen LogP contribution >= 0.6 is 15.9 Å². The topological polar surface area (TPSA) is 98.6 Å². The number of fused-ring (bicyclic) bond motifs is 1. The van der Waals surface area contributed by atoms with E-state index in [0.717, 1.165) is 11.1 Å². The number of nitrogens with one attached hydrogen (secondary N) is 1. The van der Waals surface area contributed by atoms with Crippen molar-refractivity contribution in [1.29, 1.82) is 0 Å². The van der Waals surface area contributed by atoms with Gasteiger partial charge in [0.25, 0.3) is 5.91 Å². The zero-order chi connectivity index (χ0) is 30.3. The van der Waals surface area contributed by atoms with Crippen LogP contribution in [-0.2, 0) is 23.9 Å². The molecule has 2 unspecified atom stereocenters. The molecule has 11 heteroatoms. The van der Waals surface area contributed by atoms with Gasteiger partial charge in [0.15, 0.2) is 0 Å². The summed E-state index contributed by atoms with van der Waals surface area (Å²) in [4.78, 5) is 32.4. The number of carbonyl (C=O) groups is 2. The Labute approximate surface area is 257 Å².